The molecule has 10 heteroatoms. The van der Waals surface area contributed by atoms with Crippen molar-refractivity contribution in [3.05, 3.63) is 71.3 Å². The van der Waals surface area contributed by atoms with Crippen molar-refractivity contribution in [2.75, 3.05) is 11.5 Å². The largest absolute Gasteiger partial charge is 0.489 e. The number of ether oxygens (including phenoxy) is 1. The highest BCUT2D eigenvalue weighted by Crippen LogP contribution is 2.56. The Kier molecular flexibility index (Phi) is 6.18. The van der Waals surface area contributed by atoms with Crippen molar-refractivity contribution in [2.45, 2.75) is 25.3 Å². The number of nitrogens with one attached hydrogen (secondary N) is 1. The fourth-order valence-corrected chi connectivity index (χ4v) is 5.47. The van der Waals surface area contributed by atoms with Crippen LogP contribution in [-0.2, 0) is 25.8 Å². The van der Waals surface area contributed by atoms with Gasteiger partial charge in [-0.1, -0.05) is 54.6 Å². The number of hydrogen-bond donors (Lipinski definition) is 1. The number of amidine groups is 1. The molecule has 33 heavy (non-hydrogen) atoms. The van der Waals surface area contributed by atoms with Gasteiger partial charge in [-0.25, -0.2) is 0 Å². The maximum absolute atomic E-state index is 14.0. The highest BCUT2D eigenvalue weighted by molar-refractivity contribution is 8.15. The summed E-state index contributed by atoms with van der Waals surface area (Å²) in [7, 11) is 0. The van der Waals surface area contributed by atoms with E-state index in [0.29, 0.717) is 28.6 Å². The molecule has 0 saturated heterocycles. The van der Waals surface area contributed by atoms with E-state index in [-0.39, 0.29) is 17.6 Å². The molecular weight excluding hydrogens is 464 g/mol. The summed E-state index contributed by atoms with van der Waals surface area (Å²) < 4.78 is 5.76. The summed E-state index contributed by atoms with van der Waals surface area (Å²) in [6.07, 6.45) is 1.64. The van der Waals surface area contributed by atoms with E-state index in [2.05, 4.69) is 17.0 Å². The van der Waals surface area contributed by atoms with Crippen molar-refractivity contribution in [3.8, 4) is 5.75 Å². The number of fused-ring (bicyclic) bond motifs is 2. The molecule has 2 heterocycles. The Labute approximate surface area is 200 Å². The summed E-state index contributed by atoms with van der Waals surface area (Å²) >= 11 is 7.58. The first-order valence-corrected chi connectivity index (χ1v) is 11.3. The quantitative estimate of drug-likeness (QED) is 0.655. The smallest absolute Gasteiger partial charge is 0.271 e. The number of hydrogen-bond acceptors (Lipinski definition) is 6. The SMILES string of the molecule is C=CCOc1ccccc1CN1C(=O)[C@]2(SC(NC(C)=O)=NN2C(C)=O)c2cccc(Cl)c21. The molecule has 3 amide bonds. The molecule has 0 aromatic heterocycles. The summed E-state index contributed by atoms with van der Waals surface area (Å²) in [4.78, 5) is 38.3. The maximum Gasteiger partial charge on any atom is 0.271 e. The Morgan fingerprint density at radius 3 is 2.70 bits per heavy atom. The number of hydrazone groups is 1. The molecule has 0 radical (unpaired) electrons. The van der Waals surface area contributed by atoms with Crippen molar-refractivity contribution in [1.29, 1.82) is 0 Å². The van der Waals surface area contributed by atoms with Crippen LogP contribution in [0.4, 0.5) is 5.69 Å². The molecule has 2 aromatic rings. The maximum atomic E-state index is 14.0. The fraction of sp³-hybridized carbons (Fsp3) is 0.217. The molecule has 2 aliphatic rings. The number of halogens is 1. The lowest BCUT2D eigenvalue weighted by Crippen LogP contribution is -2.48. The Morgan fingerprint density at radius 1 is 1.24 bits per heavy atom. The zero-order valence-electron chi connectivity index (χ0n) is 18.0. The van der Waals surface area contributed by atoms with Crippen LogP contribution in [-0.4, -0.2) is 34.5 Å². The topological polar surface area (TPSA) is 91.3 Å². The third-order valence-electron chi connectivity index (χ3n) is 5.13. The monoisotopic (exact) mass is 484 g/mol. The Bertz CT molecular complexity index is 1200. The van der Waals surface area contributed by atoms with Gasteiger partial charge in [-0.05, 0) is 23.9 Å². The first kappa shape index (κ1) is 22.9. The van der Waals surface area contributed by atoms with Crippen LogP contribution in [0.5, 0.6) is 5.75 Å². The van der Waals surface area contributed by atoms with Crippen molar-refractivity contribution in [2.24, 2.45) is 5.10 Å². The molecule has 1 N–H and O–H groups in total. The van der Waals surface area contributed by atoms with E-state index >= 15 is 0 Å². The lowest BCUT2D eigenvalue weighted by atomic mass is 10.1. The number of amides is 3. The van der Waals surface area contributed by atoms with Gasteiger partial charge in [0.15, 0.2) is 5.17 Å². The van der Waals surface area contributed by atoms with Crippen molar-refractivity contribution < 1.29 is 19.1 Å². The van der Waals surface area contributed by atoms with Crippen LogP contribution in [0.15, 0.2) is 60.2 Å². The zero-order chi connectivity index (χ0) is 23.8. The lowest BCUT2D eigenvalue weighted by Gasteiger charge is -2.29. The van der Waals surface area contributed by atoms with Crippen LogP contribution < -0.4 is 15.0 Å². The Morgan fingerprint density at radius 2 is 2.00 bits per heavy atom. The second kappa shape index (κ2) is 8.92. The summed E-state index contributed by atoms with van der Waals surface area (Å²) in [5, 5.41) is 8.47. The van der Waals surface area contributed by atoms with Gasteiger partial charge in [-0.3, -0.25) is 14.4 Å². The fourth-order valence-electron chi connectivity index (χ4n) is 3.87. The summed E-state index contributed by atoms with van der Waals surface area (Å²) in [6.45, 7) is 6.80. The zero-order valence-corrected chi connectivity index (χ0v) is 19.6. The molecule has 8 nitrogen and oxygen atoms in total. The van der Waals surface area contributed by atoms with E-state index in [1.807, 2.05) is 24.3 Å². The van der Waals surface area contributed by atoms with Gasteiger partial charge in [-0.15, -0.1) is 5.10 Å². The molecule has 0 unspecified atom stereocenters. The first-order chi connectivity index (χ1) is 15.8. The molecular formula is C23H21ClN4O4S. The minimum Gasteiger partial charge on any atom is -0.489 e. The van der Waals surface area contributed by atoms with Gasteiger partial charge in [0.2, 0.25) is 16.7 Å². The van der Waals surface area contributed by atoms with Crippen LogP contribution in [0, 0.1) is 0 Å². The Hall–Kier alpha value is -3.30. The van der Waals surface area contributed by atoms with Gasteiger partial charge < -0.3 is 15.0 Å². The Balaban J connectivity index is 1.81. The molecule has 2 aromatic carbocycles. The van der Waals surface area contributed by atoms with E-state index in [9.17, 15) is 14.4 Å². The average molecular weight is 485 g/mol. The molecule has 0 fully saturated rings. The number of nitrogens with zero attached hydrogens (tertiary/aromatic N) is 3. The molecule has 1 spiro atoms. The number of carbonyl (C=O) groups is 3. The molecule has 0 bridgehead atoms. The van der Waals surface area contributed by atoms with E-state index in [0.717, 1.165) is 22.3 Å². The van der Waals surface area contributed by atoms with Gasteiger partial charge in [0, 0.05) is 25.0 Å². The van der Waals surface area contributed by atoms with Crippen molar-refractivity contribution in [1.82, 2.24) is 10.3 Å². The van der Waals surface area contributed by atoms with E-state index in [4.69, 9.17) is 16.3 Å². The summed E-state index contributed by atoms with van der Waals surface area (Å²) in [6, 6.07) is 12.5. The van der Waals surface area contributed by atoms with Gasteiger partial charge in [0.05, 0.1) is 17.3 Å². The van der Waals surface area contributed by atoms with E-state index in [1.54, 1.807) is 24.3 Å². The number of anilines is 1. The van der Waals surface area contributed by atoms with E-state index in [1.165, 1.54) is 18.7 Å². The number of rotatable bonds is 5. The molecule has 4 rings (SSSR count). The predicted octanol–water partition coefficient (Wildman–Crippen LogP) is 3.61. The van der Waals surface area contributed by atoms with Crippen LogP contribution in [0.25, 0.3) is 0 Å². The van der Waals surface area contributed by atoms with Crippen molar-refractivity contribution >= 4 is 51.9 Å². The highest BCUT2D eigenvalue weighted by Gasteiger charge is 2.61. The van der Waals surface area contributed by atoms with Gasteiger partial charge >= 0.3 is 0 Å². The minimum absolute atomic E-state index is 0.159. The molecule has 0 saturated carbocycles. The number of carbonyl (C=O) groups excluding carboxylic acids is 3. The molecule has 2 aliphatic heterocycles. The van der Waals surface area contributed by atoms with E-state index < -0.39 is 16.7 Å². The average Bonchev–Trinajstić information content (AvgIpc) is 3.26. The number of thioether (sulfide) groups is 1. The lowest BCUT2D eigenvalue weighted by molar-refractivity contribution is -0.139. The molecule has 0 aliphatic carbocycles. The minimum atomic E-state index is -1.51. The number of benzene rings is 2. The first-order valence-electron chi connectivity index (χ1n) is 10.1. The summed E-state index contributed by atoms with van der Waals surface area (Å²) in [5.74, 6) is -0.590. The van der Waals surface area contributed by atoms with Crippen LogP contribution >= 0.6 is 23.4 Å². The van der Waals surface area contributed by atoms with Gasteiger partial charge in [0.25, 0.3) is 5.91 Å². The van der Waals surface area contributed by atoms with Gasteiger partial charge in [-0.2, -0.15) is 5.01 Å². The van der Waals surface area contributed by atoms with Crippen LogP contribution in [0.3, 0.4) is 0 Å². The normalized spacial score (nSPS) is 18.9. The third kappa shape index (κ3) is 3.87. The highest BCUT2D eigenvalue weighted by atomic mass is 35.5. The number of para-hydroxylation sites is 2. The second-order valence-electron chi connectivity index (χ2n) is 7.40. The third-order valence-corrected chi connectivity index (χ3v) is 6.67. The van der Waals surface area contributed by atoms with Crippen LogP contribution in [0.2, 0.25) is 5.02 Å². The van der Waals surface area contributed by atoms with Gasteiger partial charge in [0.1, 0.15) is 12.4 Å². The molecule has 170 valence electrons. The molecule has 1 atom stereocenters. The van der Waals surface area contributed by atoms with Crippen LogP contribution in [0.1, 0.15) is 25.0 Å². The second-order valence-corrected chi connectivity index (χ2v) is 8.99. The summed E-state index contributed by atoms with van der Waals surface area (Å²) in [5.41, 5.74) is 1.77. The standard InChI is InChI=1S/C23H21ClN4O4S/c1-4-12-32-19-11-6-5-8-16(19)13-27-20-17(9-7-10-18(20)24)23(21(27)31)28(15(3)30)26-22(33-23)25-14(2)29/h4-11H,1,12-13H2,2-3H3,(H,25,26,29)/t23-/m1/s1. The van der Waals surface area contributed by atoms with Crippen molar-refractivity contribution in [3.63, 3.8) is 0 Å². The predicted molar refractivity (Wildman–Crippen MR) is 128 cm³/mol.